The molecule has 2 N–H and O–H groups in total. The summed E-state index contributed by atoms with van der Waals surface area (Å²) in [6, 6.07) is 8.08. The Labute approximate surface area is 113 Å². The maximum Gasteiger partial charge on any atom is 0.147 e. The van der Waals surface area contributed by atoms with Gasteiger partial charge in [0, 0.05) is 29.0 Å². The molecule has 0 saturated carbocycles. The Bertz CT molecular complexity index is 705. The van der Waals surface area contributed by atoms with Gasteiger partial charge in [-0.2, -0.15) is 0 Å². The lowest BCUT2D eigenvalue weighted by atomic mass is 10.1. The normalized spacial score (nSPS) is 11.0. The van der Waals surface area contributed by atoms with Crippen LogP contribution in [0.4, 0.5) is 0 Å². The number of benzene rings is 1. The summed E-state index contributed by atoms with van der Waals surface area (Å²) in [6.07, 6.45) is 5.47. The molecule has 2 aromatic heterocycles. The molecule has 90 valence electrons. The van der Waals surface area contributed by atoms with Gasteiger partial charge in [-0.3, -0.25) is 4.40 Å². The molecular formula is C13H11BrN4. The predicted octanol–water partition coefficient (Wildman–Crippen LogP) is 2.62. The molecule has 3 rings (SSSR count). The van der Waals surface area contributed by atoms with E-state index in [0.717, 1.165) is 26.9 Å². The SMILES string of the molecule is NCc1cn2cncc(-c3cccc(Br)c3)c2n1. The molecule has 18 heavy (non-hydrogen) atoms. The Morgan fingerprint density at radius 3 is 3.00 bits per heavy atom. The number of aromatic nitrogens is 3. The van der Waals surface area contributed by atoms with Crippen LogP contribution in [0.5, 0.6) is 0 Å². The fourth-order valence-corrected chi connectivity index (χ4v) is 2.33. The van der Waals surface area contributed by atoms with E-state index in [1.807, 2.05) is 41.1 Å². The zero-order valence-electron chi connectivity index (χ0n) is 9.55. The summed E-state index contributed by atoms with van der Waals surface area (Å²) >= 11 is 3.47. The third-order valence-electron chi connectivity index (χ3n) is 2.76. The Morgan fingerprint density at radius 2 is 2.22 bits per heavy atom. The number of imidazole rings is 1. The van der Waals surface area contributed by atoms with Gasteiger partial charge in [-0.05, 0) is 17.7 Å². The summed E-state index contributed by atoms with van der Waals surface area (Å²) in [5.41, 5.74) is 9.44. The topological polar surface area (TPSA) is 56.2 Å². The number of fused-ring (bicyclic) bond motifs is 1. The molecule has 1 aromatic carbocycles. The van der Waals surface area contributed by atoms with E-state index in [9.17, 15) is 0 Å². The van der Waals surface area contributed by atoms with Gasteiger partial charge in [0.25, 0.3) is 0 Å². The third-order valence-corrected chi connectivity index (χ3v) is 3.26. The molecule has 0 amide bonds. The number of hydrogen-bond donors (Lipinski definition) is 1. The van der Waals surface area contributed by atoms with Crippen LogP contribution in [0.1, 0.15) is 5.69 Å². The van der Waals surface area contributed by atoms with Crippen molar-refractivity contribution in [3.05, 3.63) is 53.2 Å². The van der Waals surface area contributed by atoms with Crippen LogP contribution in [-0.4, -0.2) is 14.4 Å². The molecule has 2 heterocycles. The van der Waals surface area contributed by atoms with Crippen LogP contribution in [0.3, 0.4) is 0 Å². The van der Waals surface area contributed by atoms with E-state index < -0.39 is 0 Å². The van der Waals surface area contributed by atoms with E-state index >= 15 is 0 Å². The zero-order chi connectivity index (χ0) is 12.5. The first-order chi connectivity index (χ1) is 8.78. The van der Waals surface area contributed by atoms with E-state index in [-0.39, 0.29) is 0 Å². The van der Waals surface area contributed by atoms with Crippen LogP contribution in [-0.2, 0) is 6.54 Å². The summed E-state index contributed by atoms with van der Waals surface area (Å²) in [6.45, 7) is 0.430. The largest absolute Gasteiger partial charge is 0.325 e. The highest BCUT2D eigenvalue weighted by atomic mass is 79.9. The Morgan fingerprint density at radius 1 is 1.33 bits per heavy atom. The van der Waals surface area contributed by atoms with E-state index in [2.05, 4.69) is 25.9 Å². The molecule has 0 radical (unpaired) electrons. The Balaban J connectivity index is 2.25. The molecule has 0 fully saturated rings. The van der Waals surface area contributed by atoms with Crippen LogP contribution < -0.4 is 5.73 Å². The highest BCUT2D eigenvalue weighted by molar-refractivity contribution is 9.10. The zero-order valence-corrected chi connectivity index (χ0v) is 11.1. The van der Waals surface area contributed by atoms with Crippen LogP contribution in [0.15, 0.2) is 47.5 Å². The second-order valence-electron chi connectivity index (χ2n) is 3.98. The lowest BCUT2D eigenvalue weighted by molar-refractivity contribution is 1.01. The van der Waals surface area contributed by atoms with Gasteiger partial charge in [0.05, 0.1) is 5.69 Å². The Kier molecular flexibility index (Phi) is 2.85. The standard InChI is InChI=1S/C13H11BrN4/c14-10-3-1-2-9(4-10)12-6-16-8-18-7-11(5-15)17-13(12)18/h1-4,6-8H,5,15H2. The van der Waals surface area contributed by atoms with Gasteiger partial charge in [0.1, 0.15) is 12.0 Å². The quantitative estimate of drug-likeness (QED) is 0.792. The fraction of sp³-hybridized carbons (Fsp3) is 0.0769. The number of nitrogens with two attached hydrogens (primary N) is 1. The summed E-state index contributed by atoms with van der Waals surface area (Å²) in [5.74, 6) is 0. The van der Waals surface area contributed by atoms with Crippen molar-refractivity contribution in [3.8, 4) is 11.1 Å². The first kappa shape index (κ1) is 11.4. The number of halogens is 1. The molecule has 0 aliphatic heterocycles. The van der Waals surface area contributed by atoms with Crippen molar-refractivity contribution in [3.63, 3.8) is 0 Å². The molecule has 5 heteroatoms. The van der Waals surface area contributed by atoms with E-state index in [1.54, 1.807) is 6.33 Å². The molecule has 3 aromatic rings. The van der Waals surface area contributed by atoms with Crippen LogP contribution in [0.25, 0.3) is 16.8 Å². The second kappa shape index (κ2) is 4.51. The van der Waals surface area contributed by atoms with Gasteiger partial charge in [-0.25, -0.2) is 9.97 Å². The molecule has 0 saturated heterocycles. The van der Waals surface area contributed by atoms with Gasteiger partial charge in [0.2, 0.25) is 0 Å². The molecule has 0 spiro atoms. The van der Waals surface area contributed by atoms with Crippen molar-refractivity contribution in [2.24, 2.45) is 5.73 Å². The lowest BCUT2D eigenvalue weighted by Gasteiger charge is -2.03. The molecular weight excluding hydrogens is 292 g/mol. The molecule has 0 atom stereocenters. The van der Waals surface area contributed by atoms with Crippen LogP contribution in [0.2, 0.25) is 0 Å². The van der Waals surface area contributed by atoms with Gasteiger partial charge in [-0.15, -0.1) is 0 Å². The van der Waals surface area contributed by atoms with Gasteiger partial charge < -0.3 is 5.73 Å². The van der Waals surface area contributed by atoms with Crippen LogP contribution in [0, 0.1) is 0 Å². The van der Waals surface area contributed by atoms with Crippen molar-refractivity contribution in [1.29, 1.82) is 0 Å². The van der Waals surface area contributed by atoms with Crippen molar-refractivity contribution < 1.29 is 0 Å². The van der Waals surface area contributed by atoms with E-state index in [4.69, 9.17) is 5.73 Å². The van der Waals surface area contributed by atoms with Gasteiger partial charge in [0.15, 0.2) is 0 Å². The maximum absolute atomic E-state index is 5.62. The minimum Gasteiger partial charge on any atom is -0.325 e. The minimum atomic E-state index is 0.430. The molecule has 0 aliphatic carbocycles. The summed E-state index contributed by atoms with van der Waals surface area (Å²) in [7, 11) is 0. The fourth-order valence-electron chi connectivity index (χ4n) is 1.93. The first-order valence-corrected chi connectivity index (χ1v) is 6.35. The number of rotatable bonds is 2. The number of nitrogens with zero attached hydrogens (tertiary/aromatic N) is 3. The van der Waals surface area contributed by atoms with Gasteiger partial charge in [-0.1, -0.05) is 28.1 Å². The van der Waals surface area contributed by atoms with Crippen molar-refractivity contribution in [2.75, 3.05) is 0 Å². The monoisotopic (exact) mass is 302 g/mol. The summed E-state index contributed by atoms with van der Waals surface area (Å²) < 4.78 is 2.94. The lowest BCUT2D eigenvalue weighted by Crippen LogP contribution is -1.95. The highest BCUT2D eigenvalue weighted by Gasteiger charge is 2.08. The van der Waals surface area contributed by atoms with E-state index in [1.165, 1.54) is 0 Å². The number of hydrogen-bond acceptors (Lipinski definition) is 3. The Hall–Kier alpha value is -1.72. The molecule has 0 unspecified atom stereocenters. The predicted molar refractivity (Wildman–Crippen MR) is 74.0 cm³/mol. The second-order valence-corrected chi connectivity index (χ2v) is 4.90. The summed E-state index contributed by atoms with van der Waals surface area (Å²) in [5, 5.41) is 0. The van der Waals surface area contributed by atoms with Crippen molar-refractivity contribution in [2.45, 2.75) is 6.54 Å². The average Bonchev–Trinajstić information content (AvgIpc) is 2.81. The van der Waals surface area contributed by atoms with Crippen molar-refractivity contribution in [1.82, 2.24) is 14.4 Å². The first-order valence-electron chi connectivity index (χ1n) is 5.55. The maximum atomic E-state index is 5.62. The molecule has 0 bridgehead atoms. The smallest absolute Gasteiger partial charge is 0.147 e. The minimum absolute atomic E-state index is 0.430. The van der Waals surface area contributed by atoms with Gasteiger partial charge >= 0.3 is 0 Å². The molecule has 4 nitrogen and oxygen atoms in total. The average molecular weight is 303 g/mol. The van der Waals surface area contributed by atoms with Crippen molar-refractivity contribution >= 4 is 21.6 Å². The highest BCUT2D eigenvalue weighted by Crippen LogP contribution is 2.25. The van der Waals surface area contributed by atoms with Crippen LogP contribution >= 0.6 is 15.9 Å². The third kappa shape index (κ3) is 1.91. The van der Waals surface area contributed by atoms with E-state index in [0.29, 0.717) is 6.54 Å². The summed E-state index contributed by atoms with van der Waals surface area (Å²) in [4.78, 5) is 8.75. The molecule has 0 aliphatic rings.